The van der Waals surface area contributed by atoms with E-state index in [0.29, 0.717) is 17.9 Å². The Morgan fingerprint density at radius 3 is 2.49 bits per heavy atom. The molecule has 2 heterocycles. The van der Waals surface area contributed by atoms with Crippen LogP contribution in [0.2, 0.25) is 0 Å². The van der Waals surface area contributed by atoms with Gasteiger partial charge in [0.2, 0.25) is 5.91 Å². The Bertz CT molecular complexity index is 1130. The topological polar surface area (TPSA) is 57.7 Å². The summed E-state index contributed by atoms with van der Waals surface area (Å²) in [4.78, 5) is 21.1. The molecule has 1 aromatic heterocycles. The van der Waals surface area contributed by atoms with Gasteiger partial charge in [0.1, 0.15) is 5.75 Å². The lowest BCUT2D eigenvalue weighted by molar-refractivity contribution is -0.116. The highest BCUT2D eigenvalue weighted by Gasteiger charge is 2.15. The molecule has 6 nitrogen and oxygen atoms in total. The molecule has 1 aliphatic rings. The summed E-state index contributed by atoms with van der Waals surface area (Å²) in [6, 6.07) is 16.3. The number of benzene rings is 2. The third kappa shape index (κ3) is 7.47. The number of nitrogens with one attached hydrogen (secondary N) is 1. The summed E-state index contributed by atoms with van der Waals surface area (Å²) in [6.07, 6.45) is 6.11. The van der Waals surface area contributed by atoms with Gasteiger partial charge in [-0.05, 0) is 53.6 Å². The summed E-state index contributed by atoms with van der Waals surface area (Å²) in [5.41, 5.74) is 2.89. The monoisotopic (exact) mass is 474 g/mol. The predicted molar refractivity (Wildman–Crippen MR) is 135 cm³/mol. The maximum atomic E-state index is 14.4. The molecule has 182 valence electrons. The molecule has 4 rings (SSSR count). The first-order chi connectivity index (χ1) is 17.1. The van der Waals surface area contributed by atoms with Gasteiger partial charge in [-0.15, -0.1) is 0 Å². The fourth-order valence-electron chi connectivity index (χ4n) is 3.94. The molecule has 0 radical (unpaired) electrons. The number of likely N-dealkylation sites (N-methyl/N-ethyl adjacent to an activating group) is 1. The number of pyridine rings is 1. The molecule has 0 unspecified atom stereocenters. The van der Waals surface area contributed by atoms with E-state index in [2.05, 4.69) is 51.3 Å². The molecule has 0 bridgehead atoms. The molecule has 2 aromatic carbocycles. The van der Waals surface area contributed by atoms with Gasteiger partial charge in [-0.25, -0.2) is 4.39 Å². The highest BCUT2D eigenvalue weighted by molar-refractivity contribution is 5.91. The van der Waals surface area contributed by atoms with Crippen LogP contribution in [0.25, 0.3) is 6.08 Å². The van der Waals surface area contributed by atoms with Crippen LogP contribution in [0, 0.1) is 5.82 Å². The van der Waals surface area contributed by atoms with Crippen molar-refractivity contribution in [3.8, 4) is 11.5 Å². The van der Waals surface area contributed by atoms with Gasteiger partial charge < -0.3 is 15.0 Å². The van der Waals surface area contributed by atoms with Crippen molar-refractivity contribution >= 4 is 12.0 Å². The molecule has 1 amide bonds. The summed E-state index contributed by atoms with van der Waals surface area (Å²) < 4.78 is 19.9. The average Bonchev–Trinajstić information content (AvgIpc) is 2.89. The van der Waals surface area contributed by atoms with E-state index in [0.717, 1.165) is 44.8 Å². The van der Waals surface area contributed by atoms with Crippen molar-refractivity contribution in [3.05, 3.63) is 95.6 Å². The number of amides is 1. The van der Waals surface area contributed by atoms with Crippen LogP contribution in [-0.4, -0.2) is 53.4 Å². The van der Waals surface area contributed by atoms with Crippen LogP contribution in [-0.2, 0) is 17.9 Å². The van der Waals surface area contributed by atoms with E-state index in [-0.39, 0.29) is 11.7 Å². The summed E-state index contributed by atoms with van der Waals surface area (Å²) in [5.74, 6) is -0.189. The van der Waals surface area contributed by atoms with E-state index in [9.17, 15) is 9.18 Å². The van der Waals surface area contributed by atoms with Crippen molar-refractivity contribution in [2.75, 3.05) is 32.7 Å². The molecule has 3 aromatic rings. The molecule has 1 saturated heterocycles. The van der Waals surface area contributed by atoms with Gasteiger partial charge in [0.05, 0.1) is 6.20 Å². The number of halogens is 1. The van der Waals surface area contributed by atoms with E-state index in [1.165, 1.54) is 30.0 Å². The zero-order valence-corrected chi connectivity index (χ0v) is 20.0. The Morgan fingerprint density at radius 2 is 1.80 bits per heavy atom. The van der Waals surface area contributed by atoms with Gasteiger partial charge in [-0.1, -0.05) is 37.3 Å². The number of hydrogen-bond acceptors (Lipinski definition) is 5. The second-order valence-electron chi connectivity index (χ2n) is 8.56. The maximum Gasteiger partial charge on any atom is 0.244 e. The second kappa shape index (κ2) is 12.2. The fourth-order valence-corrected chi connectivity index (χ4v) is 3.94. The SMILES string of the molecule is CCN1CCN(Cc2ccc(CNC(=O)/C=C/c3ccc(Oc4cccnc4)c(F)c3)cc2)CC1. The van der Waals surface area contributed by atoms with Gasteiger partial charge in [-0.2, -0.15) is 0 Å². The van der Waals surface area contributed by atoms with E-state index < -0.39 is 5.82 Å². The maximum absolute atomic E-state index is 14.4. The number of carbonyl (C=O) groups excluding carboxylic acids is 1. The minimum Gasteiger partial charge on any atom is -0.453 e. The number of nitrogens with zero attached hydrogens (tertiary/aromatic N) is 3. The number of carbonyl (C=O) groups is 1. The second-order valence-corrected chi connectivity index (χ2v) is 8.56. The van der Waals surface area contributed by atoms with Crippen LogP contribution < -0.4 is 10.1 Å². The quantitative estimate of drug-likeness (QED) is 0.464. The summed E-state index contributed by atoms with van der Waals surface area (Å²) in [6.45, 7) is 9.17. The third-order valence-corrected chi connectivity index (χ3v) is 6.05. The zero-order chi connectivity index (χ0) is 24.5. The third-order valence-electron chi connectivity index (χ3n) is 6.05. The van der Waals surface area contributed by atoms with Gasteiger partial charge in [0, 0.05) is 51.5 Å². The van der Waals surface area contributed by atoms with Crippen LogP contribution in [0.15, 0.2) is 73.1 Å². The Hall–Kier alpha value is -3.55. The van der Waals surface area contributed by atoms with Crippen LogP contribution in [0.5, 0.6) is 11.5 Å². The zero-order valence-electron chi connectivity index (χ0n) is 20.0. The number of ether oxygens (including phenoxy) is 1. The highest BCUT2D eigenvalue weighted by atomic mass is 19.1. The molecule has 7 heteroatoms. The molecule has 35 heavy (non-hydrogen) atoms. The van der Waals surface area contributed by atoms with Crippen molar-refractivity contribution in [1.82, 2.24) is 20.1 Å². The Labute approximate surface area is 206 Å². The highest BCUT2D eigenvalue weighted by Crippen LogP contribution is 2.24. The van der Waals surface area contributed by atoms with Gasteiger partial charge >= 0.3 is 0 Å². The van der Waals surface area contributed by atoms with Gasteiger partial charge in [0.25, 0.3) is 0 Å². The molecule has 0 atom stereocenters. The lowest BCUT2D eigenvalue weighted by Gasteiger charge is -2.34. The molecule has 0 saturated carbocycles. The van der Waals surface area contributed by atoms with Crippen molar-refractivity contribution in [3.63, 3.8) is 0 Å². The smallest absolute Gasteiger partial charge is 0.244 e. The molecular formula is C28H31FN4O2. The number of piperazine rings is 1. The number of hydrogen-bond donors (Lipinski definition) is 1. The standard InChI is InChI=1S/C28H31FN4O2/c1-2-32-14-16-33(17-15-32)21-24-7-5-23(6-8-24)19-31-28(34)12-10-22-9-11-27(26(29)18-22)35-25-4-3-13-30-20-25/h3-13,18,20H,2,14-17,19,21H2,1H3,(H,31,34)/b12-10+. The average molecular weight is 475 g/mol. The summed E-state index contributed by atoms with van der Waals surface area (Å²) in [5, 5.41) is 2.87. The van der Waals surface area contributed by atoms with Crippen molar-refractivity contribution < 1.29 is 13.9 Å². The molecule has 0 spiro atoms. The molecular weight excluding hydrogens is 443 g/mol. The van der Waals surface area contributed by atoms with E-state index >= 15 is 0 Å². The minimum absolute atomic E-state index is 0.103. The molecule has 1 aliphatic heterocycles. The predicted octanol–water partition coefficient (Wildman–Crippen LogP) is 4.48. The van der Waals surface area contributed by atoms with Crippen LogP contribution in [0.1, 0.15) is 23.6 Å². The van der Waals surface area contributed by atoms with E-state index in [1.807, 2.05) is 0 Å². The van der Waals surface area contributed by atoms with Crippen molar-refractivity contribution in [2.24, 2.45) is 0 Å². The van der Waals surface area contributed by atoms with Crippen LogP contribution in [0.3, 0.4) is 0 Å². The first-order valence-corrected chi connectivity index (χ1v) is 11.9. The van der Waals surface area contributed by atoms with E-state index in [4.69, 9.17) is 4.74 Å². The number of aromatic nitrogens is 1. The van der Waals surface area contributed by atoms with Crippen molar-refractivity contribution in [1.29, 1.82) is 0 Å². The fraction of sp³-hybridized carbons (Fsp3) is 0.286. The summed E-state index contributed by atoms with van der Waals surface area (Å²) >= 11 is 0. The lowest BCUT2D eigenvalue weighted by atomic mass is 10.1. The summed E-state index contributed by atoms with van der Waals surface area (Å²) in [7, 11) is 0. The van der Waals surface area contributed by atoms with Gasteiger partial charge in [0.15, 0.2) is 11.6 Å². The van der Waals surface area contributed by atoms with Gasteiger partial charge in [-0.3, -0.25) is 14.7 Å². The largest absolute Gasteiger partial charge is 0.453 e. The molecule has 1 fully saturated rings. The Morgan fingerprint density at radius 1 is 1.06 bits per heavy atom. The van der Waals surface area contributed by atoms with Crippen LogP contribution in [0.4, 0.5) is 4.39 Å². The minimum atomic E-state index is -0.510. The lowest BCUT2D eigenvalue weighted by Crippen LogP contribution is -2.45. The Kier molecular flexibility index (Phi) is 8.59. The molecule has 1 N–H and O–H groups in total. The first-order valence-electron chi connectivity index (χ1n) is 11.9. The van der Waals surface area contributed by atoms with Crippen LogP contribution >= 0.6 is 0 Å². The van der Waals surface area contributed by atoms with Crippen molar-refractivity contribution in [2.45, 2.75) is 20.0 Å². The molecule has 0 aliphatic carbocycles. The first kappa shape index (κ1) is 24.6. The number of rotatable bonds is 9. The Balaban J connectivity index is 1.23. The van der Waals surface area contributed by atoms with E-state index in [1.54, 1.807) is 30.5 Å². The normalized spacial score (nSPS) is 14.8.